The highest BCUT2D eigenvalue weighted by Crippen LogP contribution is 2.24. The maximum atomic E-state index is 12.4. The average Bonchev–Trinajstić information content (AvgIpc) is 3.22. The van der Waals surface area contributed by atoms with E-state index in [0.29, 0.717) is 17.2 Å². The summed E-state index contributed by atoms with van der Waals surface area (Å²) in [4.78, 5) is 24.6. The van der Waals surface area contributed by atoms with Gasteiger partial charge >= 0.3 is 5.97 Å². The number of aromatic amines is 1. The predicted molar refractivity (Wildman–Crippen MR) is 98.2 cm³/mol. The average molecular weight is 366 g/mol. The standard InChI is InChI=1S/C20H18N2O5/c1-25-14-8-9-19(26-2)15(10-14)18(23)12-27-20(24)17-11-16(21-22-17)13-6-4-3-5-7-13/h3-11H,12H2,1-2H3,(H,21,22). The van der Waals surface area contributed by atoms with Crippen molar-refractivity contribution in [2.75, 3.05) is 20.8 Å². The molecule has 0 radical (unpaired) electrons. The summed E-state index contributed by atoms with van der Waals surface area (Å²) in [6.45, 7) is -0.429. The lowest BCUT2D eigenvalue weighted by molar-refractivity contribution is 0.0468. The Bertz CT molecular complexity index is 950. The van der Waals surface area contributed by atoms with E-state index in [4.69, 9.17) is 14.2 Å². The summed E-state index contributed by atoms with van der Waals surface area (Å²) >= 11 is 0. The monoisotopic (exact) mass is 366 g/mol. The summed E-state index contributed by atoms with van der Waals surface area (Å²) < 4.78 is 15.4. The van der Waals surface area contributed by atoms with E-state index in [9.17, 15) is 9.59 Å². The molecule has 0 aliphatic carbocycles. The molecule has 3 aromatic rings. The molecule has 0 bridgehead atoms. The maximum Gasteiger partial charge on any atom is 0.356 e. The number of ether oxygens (including phenoxy) is 3. The van der Waals surface area contributed by atoms with Crippen LogP contribution in [0.1, 0.15) is 20.8 Å². The molecule has 0 fully saturated rings. The molecule has 3 rings (SSSR count). The van der Waals surface area contributed by atoms with Crippen LogP contribution in [0.4, 0.5) is 0 Å². The molecule has 0 aliphatic heterocycles. The van der Waals surface area contributed by atoms with Crippen LogP contribution in [0.3, 0.4) is 0 Å². The van der Waals surface area contributed by atoms with Crippen LogP contribution < -0.4 is 9.47 Å². The number of ketones is 1. The highest BCUT2D eigenvalue weighted by molar-refractivity contribution is 6.01. The molecule has 1 aromatic heterocycles. The minimum atomic E-state index is -0.667. The van der Waals surface area contributed by atoms with Gasteiger partial charge in [-0.25, -0.2) is 4.79 Å². The van der Waals surface area contributed by atoms with Crippen molar-refractivity contribution < 1.29 is 23.8 Å². The second-order valence-corrected chi connectivity index (χ2v) is 5.60. The predicted octanol–water partition coefficient (Wildman–Crippen LogP) is 3.13. The van der Waals surface area contributed by atoms with Crippen LogP contribution in [0.15, 0.2) is 54.6 Å². The van der Waals surface area contributed by atoms with Gasteiger partial charge < -0.3 is 14.2 Å². The summed E-state index contributed by atoms with van der Waals surface area (Å²) in [5.74, 6) is -0.182. The molecule has 0 unspecified atom stereocenters. The third kappa shape index (κ3) is 4.14. The largest absolute Gasteiger partial charge is 0.497 e. The lowest BCUT2D eigenvalue weighted by Gasteiger charge is -2.09. The van der Waals surface area contributed by atoms with E-state index in [-0.39, 0.29) is 11.3 Å². The van der Waals surface area contributed by atoms with Crippen LogP contribution >= 0.6 is 0 Å². The Hall–Kier alpha value is -3.61. The summed E-state index contributed by atoms with van der Waals surface area (Å²) in [5, 5.41) is 6.72. The molecule has 0 saturated heterocycles. The van der Waals surface area contributed by atoms with E-state index in [1.54, 1.807) is 24.3 Å². The van der Waals surface area contributed by atoms with Gasteiger partial charge in [0.2, 0.25) is 5.78 Å². The zero-order valence-corrected chi connectivity index (χ0v) is 14.9. The van der Waals surface area contributed by atoms with Gasteiger partial charge in [-0.2, -0.15) is 5.10 Å². The minimum absolute atomic E-state index is 0.166. The number of methoxy groups -OCH3 is 2. The topological polar surface area (TPSA) is 90.5 Å². The zero-order chi connectivity index (χ0) is 19.2. The van der Waals surface area contributed by atoms with E-state index in [1.165, 1.54) is 14.2 Å². The van der Waals surface area contributed by atoms with Crippen LogP contribution in [0, 0.1) is 0 Å². The smallest absolute Gasteiger partial charge is 0.356 e. The van der Waals surface area contributed by atoms with Crippen molar-refractivity contribution in [2.24, 2.45) is 0 Å². The number of nitrogens with zero attached hydrogens (tertiary/aromatic N) is 1. The Morgan fingerprint density at radius 2 is 1.78 bits per heavy atom. The second-order valence-electron chi connectivity index (χ2n) is 5.60. The first kappa shape index (κ1) is 18.2. The Morgan fingerprint density at radius 3 is 2.48 bits per heavy atom. The van der Waals surface area contributed by atoms with Crippen molar-refractivity contribution in [2.45, 2.75) is 0 Å². The highest BCUT2D eigenvalue weighted by atomic mass is 16.5. The number of esters is 1. The summed E-state index contributed by atoms with van der Waals surface area (Å²) in [5.41, 5.74) is 1.92. The number of carbonyl (C=O) groups excluding carboxylic acids is 2. The van der Waals surface area contributed by atoms with Gasteiger partial charge in [0.1, 0.15) is 17.2 Å². The molecule has 0 aliphatic rings. The third-order valence-electron chi connectivity index (χ3n) is 3.91. The number of H-pyrrole nitrogens is 1. The van der Waals surface area contributed by atoms with E-state index in [0.717, 1.165) is 5.56 Å². The summed E-state index contributed by atoms with van der Waals surface area (Å²) in [6.07, 6.45) is 0. The van der Waals surface area contributed by atoms with E-state index < -0.39 is 18.4 Å². The molecule has 0 saturated carbocycles. The first-order valence-electron chi connectivity index (χ1n) is 8.15. The quantitative estimate of drug-likeness (QED) is 0.510. The fraction of sp³-hybridized carbons (Fsp3) is 0.150. The molecule has 0 amide bonds. The highest BCUT2D eigenvalue weighted by Gasteiger charge is 2.18. The van der Waals surface area contributed by atoms with Crippen molar-refractivity contribution in [1.29, 1.82) is 0 Å². The van der Waals surface area contributed by atoms with Crippen molar-refractivity contribution in [3.05, 3.63) is 65.9 Å². The molecule has 1 heterocycles. The number of Topliss-reactive ketones (excluding diaryl/α,β-unsaturated/α-hetero) is 1. The van der Waals surface area contributed by atoms with Crippen LogP contribution in [-0.4, -0.2) is 42.8 Å². The van der Waals surface area contributed by atoms with Gasteiger partial charge in [0, 0.05) is 5.56 Å². The van der Waals surface area contributed by atoms with Crippen molar-refractivity contribution in [1.82, 2.24) is 10.2 Å². The summed E-state index contributed by atoms with van der Waals surface area (Å²) in [7, 11) is 2.96. The molecule has 2 aromatic carbocycles. The molecular formula is C20H18N2O5. The molecule has 27 heavy (non-hydrogen) atoms. The molecule has 1 N–H and O–H groups in total. The van der Waals surface area contributed by atoms with Gasteiger partial charge in [-0.1, -0.05) is 30.3 Å². The van der Waals surface area contributed by atoms with Crippen LogP contribution in [0.2, 0.25) is 0 Å². The Balaban J connectivity index is 1.68. The number of nitrogens with one attached hydrogen (secondary N) is 1. The van der Waals surface area contributed by atoms with Gasteiger partial charge in [-0.3, -0.25) is 9.89 Å². The minimum Gasteiger partial charge on any atom is -0.497 e. The molecular weight excluding hydrogens is 348 g/mol. The summed E-state index contributed by atoms with van der Waals surface area (Å²) in [6, 6.07) is 15.8. The van der Waals surface area contributed by atoms with Crippen molar-refractivity contribution >= 4 is 11.8 Å². The van der Waals surface area contributed by atoms with Gasteiger partial charge in [-0.15, -0.1) is 0 Å². The number of hydrogen-bond acceptors (Lipinski definition) is 6. The number of hydrogen-bond donors (Lipinski definition) is 1. The van der Waals surface area contributed by atoms with Crippen LogP contribution in [0.25, 0.3) is 11.3 Å². The van der Waals surface area contributed by atoms with Gasteiger partial charge in [-0.05, 0) is 24.3 Å². The lowest BCUT2D eigenvalue weighted by Crippen LogP contribution is -2.15. The lowest BCUT2D eigenvalue weighted by atomic mass is 10.1. The maximum absolute atomic E-state index is 12.4. The van der Waals surface area contributed by atoms with Crippen LogP contribution in [-0.2, 0) is 4.74 Å². The SMILES string of the molecule is COc1ccc(OC)c(C(=O)COC(=O)c2cc(-c3ccccc3)n[nH]2)c1. The van der Waals surface area contributed by atoms with E-state index in [1.807, 2.05) is 30.3 Å². The number of rotatable bonds is 7. The Labute approximate surface area is 155 Å². The van der Waals surface area contributed by atoms with Gasteiger partial charge in [0.15, 0.2) is 6.61 Å². The normalized spacial score (nSPS) is 10.3. The first-order valence-corrected chi connectivity index (χ1v) is 8.15. The van der Waals surface area contributed by atoms with E-state index in [2.05, 4.69) is 10.2 Å². The zero-order valence-electron chi connectivity index (χ0n) is 14.9. The number of benzene rings is 2. The van der Waals surface area contributed by atoms with Crippen molar-refractivity contribution in [3.63, 3.8) is 0 Å². The Kier molecular flexibility index (Phi) is 5.51. The van der Waals surface area contributed by atoms with Gasteiger partial charge in [0.05, 0.1) is 25.5 Å². The molecule has 0 atom stereocenters. The molecule has 138 valence electrons. The fourth-order valence-corrected chi connectivity index (χ4v) is 2.50. The number of carbonyl (C=O) groups is 2. The molecule has 7 heteroatoms. The third-order valence-corrected chi connectivity index (χ3v) is 3.91. The first-order chi connectivity index (χ1) is 13.1. The molecule has 0 spiro atoms. The number of aromatic nitrogens is 2. The molecule has 7 nitrogen and oxygen atoms in total. The second kappa shape index (κ2) is 8.18. The van der Waals surface area contributed by atoms with Crippen molar-refractivity contribution in [3.8, 4) is 22.8 Å². The van der Waals surface area contributed by atoms with Gasteiger partial charge in [0.25, 0.3) is 0 Å². The fourth-order valence-electron chi connectivity index (χ4n) is 2.50. The van der Waals surface area contributed by atoms with Crippen LogP contribution in [0.5, 0.6) is 11.5 Å². The van der Waals surface area contributed by atoms with E-state index >= 15 is 0 Å². The Morgan fingerprint density at radius 1 is 1.00 bits per heavy atom.